The fraction of sp³-hybridized carbons (Fsp3) is 0.385. The number of ether oxygens (including phenoxy) is 1. The van der Waals surface area contributed by atoms with Crippen molar-refractivity contribution in [2.45, 2.75) is 19.9 Å². The summed E-state index contributed by atoms with van der Waals surface area (Å²) in [5, 5.41) is 3.73. The zero-order valence-electron chi connectivity index (χ0n) is 11.2. The first-order chi connectivity index (χ1) is 9.04. The van der Waals surface area contributed by atoms with Crippen LogP contribution in [0.2, 0.25) is 0 Å². The van der Waals surface area contributed by atoms with E-state index in [0.29, 0.717) is 17.2 Å². The number of hydrogen-bond donors (Lipinski definition) is 2. The molecule has 2 heterocycles. The molecule has 0 aliphatic carbocycles. The number of hydrogen-bond acceptors (Lipinski definition) is 5. The van der Waals surface area contributed by atoms with Crippen LogP contribution in [0.5, 0.6) is 0 Å². The van der Waals surface area contributed by atoms with E-state index in [0.717, 1.165) is 15.8 Å². The largest absolute Gasteiger partial charge is 0.397 e. The minimum atomic E-state index is -0.176. The second kappa shape index (κ2) is 5.54. The number of methoxy groups -OCH3 is 1. The number of fused-ring (bicyclic) bond motifs is 1. The maximum absolute atomic E-state index is 12.2. The lowest BCUT2D eigenvalue weighted by molar-refractivity contribution is 0.0910. The Balaban J connectivity index is 2.33. The summed E-state index contributed by atoms with van der Waals surface area (Å²) in [6.45, 7) is 4.31. The lowest BCUT2D eigenvalue weighted by atomic mass is 10.1. The summed E-state index contributed by atoms with van der Waals surface area (Å²) in [6.07, 6.45) is 1.73. The molecule has 2 aromatic rings. The number of nitrogens with two attached hydrogens (primary N) is 1. The molecule has 0 radical (unpaired) electrons. The number of aromatic nitrogens is 1. The number of carbonyl (C=O) groups is 1. The zero-order valence-corrected chi connectivity index (χ0v) is 12.0. The monoisotopic (exact) mass is 279 g/mol. The van der Waals surface area contributed by atoms with Crippen LogP contribution in [0, 0.1) is 6.92 Å². The maximum Gasteiger partial charge on any atom is 0.263 e. The van der Waals surface area contributed by atoms with Crippen LogP contribution in [0.4, 0.5) is 5.69 Å². The summed E-state index contributed by atoms with van der Waals surface area (Å²) in [5.74, 6) is -0.176. The van der Waals surface area contributed by atoms with Crippen molar-refractivity contribution in [1.29, 1.82) is 0 Å². The zero-order chi connectivity index (χ0) is 14.0. The molecule has 0 aliphatic rings. The number of carbonyl (C=O) groups excluding carboxylic acids is 1. The third-order valence-electron chi connectivity index (χ3n) is 2.84. The highest BCUT2D eigenvalue weighted by Crippen LogP contribution is 2.34. The van der Waals surface area contributed by atoms with E-state index in [2.05, 4.69) is 10.3 Å². The Labute approximate surface area is 115 Å². The number of pyridine rings is 1. The van der Waals surface area contributed by atoms with Crippen LogP contribution in [-0.2, 0) is 4.74 Å². The van der Waals surface area contributed by atoms with Gasteiger partial charge in [0.05, 0.1) is 12.3 Å². The molecule has 102 valence electrons. The van der Waals surface area contributed by atoms with Crippen LogP contribution in [0.15, 0.2) is 12.3 Å². The van der Waals surface area contributed by atoms with Crippen LogP contribution < -0.4 is 11.1 Å². The summed E-state index contributed by atoms with van der Waals surface area (Å²) in [5.41, 5.74) is 7.61. The summed E-state index contributed by atoms with van der Waals surface area (Å²) in [4.78, 5) is 17.7. The second-order valence-corrected chi connectivity index (χ2v) is 5.48. The molecule has 0 saturated heterocycles. The first-order valence-electron chi connectivity index (χ1n) is 5.98. The number of rotatable bonds is 4. The van der Waals surface area contributed by atoms with Gasteiger partial charge in [-0.05, 0) is 25.5 Å². The minimum absolute atomic E-state index is 0.0591. The highest BCUT2D eigenvalue weighted by atomic mass is 32.1. The molecular formula is C13H17N3O2S. The van der Waals surface area contributed by atoms with Crippen LogP contribution in [0.25, 0.3) is 10.2 Å². The van der Waals surface area contributed by atoms with Crippen molar-refractivity contribution in [3.8, 4) is 0 Å². The molecule has 0 bridgehead atoms. The highest BCUT2D eigenvalue weighted by Gasteiger charge is 2.19. The Morgan fingerprint density at radius 1 is 1.63 bits per heavy atom. The number of amides is 1. The Bertz CT molecular complexity index is 609. The van der Waals surface area contributed by atoms with Crippen LogP contribution in [0.3, 0.4) is 0 Å². The summed E-state index contributed by atoms with van der Waals surface area (Å²) < 4.78 is 4.99. The summed E-state index contributed by atoms with van der Waals surface area (Å²) in [7, 11) is 1.60. The van der Waals surface area contributed by atoms with E-state index in [4.69, 9.17) is 10.5 Å². The quantitative estimate of drug-likeness (QED) is 0.896. The summed E-state index contributed by atoms with van der Waals surface area (Å²) >= 11 is 1.32. The topological polar surface area (TPSA) is 77.2 Å². The number of nitrogens with zero attached hydrogens (tertiary/aromatic N) is 1. The van der Waals surface area contributed by atoms with Gasteiger partial charge in [0, 0.05) is 24.7 Å². The van der Waals surface area contributed by atoms with Crippen molar-refractivity contribution in [2.24, 2.45) is 0 Å². The van der Waals surface area contributed by atoms with E-state index in [9.17, 15) is 4.79 Å². The molecule has 2 aromatic heterocycles. The normalized spacial score (nSPS) is 12.6. The summed E-state index contributed by atoms with van der Waals surface area (Å²) in [6, 6.07) is 1.83. The van der Waals surface area contributed by atoms with Crippen LogP contribution in [-0.4, -0.2) is 30.6 Å². The van der Waals surface area contributed by atoms with Gasteiger partial charge in [0.25, 0.3) is 5.91 Å². The number of aryl methyl sites for hydroxylation is 1. The van der Waals surface area contributed by atoms with Gasteiger partial charge in [0.2, 0.25) is 0 Å². The third-order valence-corrected chi connectivity index (χ3v) is 3.95. The van der Waals surface area contributed by atoms with Crippen molar-refractivity contribution < 1.29 is 9.53 Å². The van der Waals surface area contributed by atoms with Crippen molar-refractivity contribution in [3.05, 3.63) is 22.7 Å². The highest BCUT2D eigenvalue weighted by molar-refractivity contribution is 7.21. The van der Waals surface area contributed by atoms with E-state index < -0.39 is 0 Å². The van der Waals surface area contributed by atoms with Crippen LogP contribution in [0.1, 0.15) is 22.2 Å². The Kier molecular flexibility index (Phi) is 4.01. The van der Waals surface area contributed by atoms with E-state index in [1.165, 1.54) is 11.3 Å². The Morgan fingerprint density at radius 3 is 3.00 bits per heavy atom. The Morgan fingerprint density at radius 2 is 2.37 bits per heavy atom. The average Bonchev–Trinajstić information content (AvgIpc) is 2.68. The third kappa shape index (κ3) is 2.69. The first kappa shape index (κ1) is 13.8. The van der Waals surface area contributed by atoms with Gasteiger partial charge in [0.15, 0.2) is 0 Å². The average molecular weight is 279 g/mol. The molecule has 0 spiro atoms. The van der Waals surface area contributed by atoms with E-state index >= 15 is 0 Å². The Hall–Kier alpha value is -1.66. The predicted molar refractivity (Wildman–Crippen MR) is 77.6 cm³/mol. The lowest BCUT2D eigenvalue weighted by Crippen LogP contribution is -2.35. The van der Waals surface area contributed by atoms with Crippen molar-refractivity contribution in [3.63, 3.8) is 0 Å². The van der Waals surface area contributed by atoms with Gasteiger partial charge in [-0.2, -0.15) is 0 Å². The molecule has 0 fully saturated rings. The van der Waals surface area contributed by atoms with Crippen LogP contribution >= 0.6 is 11.3 Å². The lowest BCUT2D eigenvalue weighted by Gasteiger charge is -2.11. The maximum atomic E-state index is 12.2. The SMILES string of the molecule is COCC(C)NC(=O)c1sc2nccc(C)c2c1N. The predicted octanol–water partition coefficient (Wildman–Crippen LogP) is 1.95. The molecule has 1 amide bonds. The number of nitrogen functional groups attached to an aromatic ring is 1. The number of anilines is 1. The van der Waals surface area contributed by atoms with E-state index in [1.807, 2.05) is 19.9 Å². The molecular weight excluding hydrogens is 262 g/mol. The van der Waals surface area contributed by atoms with Gasteiger partial charge in [0.1, 0.15) is 9.71 Å². The van der Waals surface area contributed by atoms with Gasteiger partial charge in [-0.15, -0.1) is 11.3 Å². The molecule has 0 saturated carbocycles. The number of thiophene rings is 1. The minimum Gasteiger partial charge on any atom is -0.397 e. The van der Waals surface area contributed by atoms with Gasteiger partial charge >= 0.3 is 0 Å². The first-order valence-corrected chi connectivity index (χ1v) is 6.79. The smallest absolute Gasteiger partial charge is 0.263 e. The molecule has 19 heavy (non-hydrogen) atoms. The molecule has 2 rings (SSSR count). The van der Waals surface area contributed by atoms with E-state index in [-0.39, 0.29) is 11.9 Å². The van der Waals surface area contributed by atoms with E-state index in [1.54, 1.807) is 13.3 Å². The van der Waals surface area contributed by atoms with Gasteiger partial charge in [-0.3, -0.25) is 4.79 Å². The molecule has 6 heteroatoms. The van der Waals surface area contributed by atoms with Crippen molar-refractivity contribution in [2.75, 3.05) is 19.5 Å². The fourth-order valence-corrected chi connectivity index (χ4v) is 3.00. The fourth-order valence-electron chi connectivity index (χ4n) is 1.95. The number of nitrogens with one attached hydrogen (secondary N) is 1. The van der Waals surface area contributed by atoms with Gasteiger partial charge in [-0.25, -0.2) is 4.98 Å². The molecule has 0 aliphatic heterocycles. The molecule has 0 aromatic carbocycles. The van der Waals surface area contributed by atoms with Gasteiger partial charge in [-0.1, -0.05) is 0 Å². The van der Waals surface area contributed by atoms with Crippen molar-refractivity contribution in [1.82, 2.24) is 10.3 Å². The molecule has 3 N–H and O–H groups in total. The van der Waals surface area contributed by atoms with Gasteiger partial charge < -0.3 is 15.8 Å². The molecule has 1 atom stereocenters. The second-order valence-electron chi connectivity index (χ2n) is 4.48. The molecule has 1 unspecified atom stereocenters. The molecule has 5 nitrogen and oxygen atoms in total. The standard InChI is InChI=1S/C13H17N3O2S/c1-7-4-5-15-13-9(7)10(14)11(19-13)12(17)16-8(2)6-18-3/h4-5,8H,6,14H2,1-3H3,(H,16,17). The van der Waals surface area contributed by atoms with Crippen molar-refractivity contribution >= 4 is 33.1 Å².